The number of nitrogens with zero attached hydrogens (tertiary/aromatic N) is 2. The van der Waals surface area contributed by atoms with E-state index in [1.54, 1.807) is 18.4 Å². The normalized spacial score (nSPS) is 11.0. The van der Waals surface area contributed by atoms with Gasteiger partial charge in [-0.1, -0.05) is 36.4 Å². The van der Waals surface area contributed by atoms with Crippen molar-refractivity contribution in [2.45, 2.75) is 0 Å². The molecule has 5 nitrogen and oxygen atoms in total. The lowest BCUT2D eigenvalue weighted by Crippen LogP contribution is -2.03. The lowest BCUT2D eigenvalue weighted by molar-refractivity contribution is 0.346. The first-order valence-electron chi connectivity index (χ1n) is 6.95. The van der Waals surface area contributed by atoms with Crippen molar-refractivity contribution in [2.75, 3.05) is 12.3 Å². The van der Waals surface area contributed by atoms with Gasteiger partial charge >= 0.3 is 0 Å². The Morgan fingerprint density at radius 3 is 2.70 bits per heavy atom. The maximum atomic E-state index is 5.75. The molecule has 0 aliphatic rings. The van der Waals surface area contributed by atoms with Crippen molar-refractivity contribution in [1.29, 1.82) is 0 Å². The monoisotopic (exact) mass is 371 g/mol. The predicted molar refractivity (Wildman–Crippen MR) is 92.8 cm³/mol. The molecule has 2 aromatic heterocycles. The summed E-state index contributed by atoms with van der Waals surface area (Å²) in [6, 6.07) is 13.6. The molecule has 1 aromatic carbocycles. The Morgan fingerprint density at radius 1 is 1.13 bits per heavy atom. The van der Waals surface area contributed by atoms with Gasteiger partial charge in [-0.2, -0.15) is 4.98 Å². The first-order valence-corrected chi connectivity index (χ1v) is 7.74. The van der Waals surface area contributed by atoms with Crippen LogP contribution in [0.15, 0.2) is 63.7 Å². The zero-order chi connectivity index (χ0) is 16.1. The molecular weight excluding hydrogens is 358 g/mol. The average Bonchev–Trinajstić information content (AvgIpc) is 3.09. The predicted octanol–water partition coefficient (Wildman–Crippen LogP) is 4.17. The second kappa shape index (κ2) is 7.11. The van der Waals surface area contributed by atoms with Crippen molar-refractivity contribution in [3.63, 3.8) is 0 Å². The van der Waals surface area contributed by atoms with Crippen molar-refractivity contribution in [1.82, 2.24) is 9.97 Å². The van der Waals surface area contributed by atoms with Crippen LogP contribution in [0.5, 0.6) is 5.88 Å². The number of hydrogen-bond donors (Lipinski definition) is 1. The lowest BCUT2D eigenvalue weighted by atomic mass is 10.2. The number of benzene rings is 1. The van der Waals surface area contributed by atoms with E-state index in [4.69, 9.17) is 14.9 Å². The Hall–Kier alpha value is -2.60. The van der Waals surface area contributed by atoms with Gasteiger partial charge in [0.25, 0.3) is 0 Å². The third-order valence-electron chi connectivity index (χ3n) is 3.02. The highest BCUT2D eigenvalue weighted by atomic mass is 79.9. The number of nitrogen functional groups attached to an aromatic ring is 1. The summed E-state index contributed by atoms with van der Waals surface area (Å²) in [7, 11) is 0. The molecule has 0 aliphatic carbocycles. The van der Waals surface area contributed by atoms with E-state index in [-0.39, 0.29) is 5.95 Å². The second-order valence-electron chi connectivity index (χ2n) is 4.65. The molecule has 0 bridgehead atoms. The minimum absolute atomic E-state index is 0.127. The van der Waals surface area contributed by atoms with Crippen LogP contribution in [0.25, 0.3) is 17.5 Å². The van der Waals surface area contributed by atoms with Gasteiger partial charge in [0.2, 0.25) is 11.8 Å². The van der Waals surface area contributed by atoms with Gasteiger partial charge in [0.05, 0.1) is 6.26 Å². The highest BCUT2D eigenvalue weighted by Crippen LogP contribution is 2.33. The zero-order valence-electron chi connectivity index (χ0n) is 12.1. The summed E-state index contributed by atoms with van der Waals surface area (Å²) in [6.07, 6.45) is 5.46. The summed E-state index contributed by atoms with van der Waals surface area (Å²) in [5, 5.41) is 0. The van der Waals surface area contributed by atoms with Gasteiger partial charge in [0, 0.05) is 0 Å². The molecule has 3 aromatic rings. The van der Waals surface area contributed by atoms with Crippen LogP contribution in [0.3, 0.4) is 0 Å². The molecule has 0 amide bonds. The first-order chi connectivity index (χ1) is 11.2. The van der Waals surface area contributed by atoms with E-state index in [1.807, 2.05) is 42.5 Å². The number of hydrogen-bond acceptors (Lipinski definition) is 5. The molecule has 3 rings (SSSR count). The van der Waals surface area contributed by atoms with E-state index >= 15 is 0 Å². The molecule has 0 saturated carbocycles. The third kappa shape index (κ3) is 3.78. The molecule has 2 heterocycles. The third-order valence-corrected chi connectivity index (χ3v) is 3.73. The molecule has 0 spiro atoms. The van der Waals surface area contributed by atoms with Gasteiger partial charge in [-0.3, -0.25) is 0 Å². The first kappa shape index (κ1) is 15.3. The molecular formula is C17H14BrN3O2. The molecule has 2 N–H and O–H groups in total. The van der Waals surface area contributed by atoms with Crippen molar-refractivity contribution >= 4 is 28.0 Å². The number of halogens is 1. The SMILES string of the molecule is Nc1nc(OCC=Cc2ccccc2)c(Br)c(-c2ccco2)n1. The standard InChI is InChI=1S/C17H14BrN3O2/c18-14-15(13-9-5-10-22-13)20-17(19)21-16(14)23-11-4-8-12-6-2-1-3-7-12/h1-10H,11H2,(H2,19,20,21). The van der Waals surface area contributed by atoms with Crippen LogP contribution in [0.1, 0.15) is 5.56 Å². The highest BCUT2D eigenvalue weighted by Gasteiger charge is 2.15. The van der Waals surface area contributed by atoms with Gasteiger partial charge in [-0.15, -0.1) is 0 Å². The second-order valence-corrected chi connectivity index (χ2v) is 5.44. The molecule has 0 unspecified atom stereocenters. The maximum Gasteiger partial charge on any atom is 0.234 e. The molecule has 6 heteroatoms. The average molecular weight is 372 g/mol. The summed E-state index contributed by atoms with van der Waals surface area (Å²) >= 11 is 3.44. The number of ether oxygens (including phenoxy) is 1. The highest BCUT2D eigenvalue weighted by molar-refractivity contribution is 9.10. The summed E-state index contributed by atoms with van der Waals surface area (Å²) in [5.74, 6) is 1.10. The minimum atomic E-state index is 0.127. The van der Waals surface area contributed by atoms with E-state index in [0.717, 1.165) is 5.56 Å². The number of rotatable bonds is 5. The van der Waals surface area contributed by atoms with Crippen molar-refractivity contribution in [3.05, 3.63) is 64.8 Å². The fraction of sp³-hybridized carbons (Fsp3) is 0.0588. The van der Waals surface area contributed by atoms with Crippen LogP contribution >= 0.6 is 15.9 Å². The maximum absolute atomic E-state index is 5.75. The van der Waals surface area contributed by atoms with Crippen molar-refractivity contribution in [2.24, 2.45) is 0 Å². The minimum Gasteiger partial charge on any atom is -0.472 e. The van der Waals surface area contributed by atoms with Gasteiger partial charge in [-0.25, -0.2) is 4.98 Å². The Kier molecular flexibility index (Phi) is 4.73. The quantitative estimate of drug-likeness (QED) is 0.728. The van der Waals surface area contributed by atoms with E-state index in [0.29, 0.717) is 28.4 Å². The summed E-state index contributed by atoms with van der Waals surface area (Å²) < 4.78 is 11.6. The molecule has 23 heavy (non-hydrogen) atoms. The van der Waals surface area contributed by atoms with Crippen molar-refractivity contribution in [3.8, 4) is 17.3 Å². The summed E-state index contributed by atoms with van der Waals surface area (Å²) in [5.41, 5.74) is 7.41. The van der Waals surface area contributed by atoms with Crippen LogP contribution in [0.2, 0.25) is 0 Å². The van der Waals surface area contributed by atoms with Crippen LogP contribution in [0.4, 0.5) is 5.95 Å². The molecule has 0 fully saturated rings. The van der Waals surface area contributed by atoms with Gasteiger partial charge < -0.3 is 14.9 Å². The lowest BCUT2D eigenvalue weighted by Gasteiger charge is -2.08. The van der Waals surface area contributed by atoms with Crippen LogP contribution in [-0.2, 0) is 0 Å². The van der Waals surface area contributed by atoms with E-state index < -0.39 is 0 Å². The van der Waals surface area contributed by atoms with E-state index in [1.165, 1.54) is 0 Å². The van der Waals surface area contributed by atoms with Crippen LogP contribution < -0.4 is 10.5 Å². The molecule has 0 saturated heterocycles. The molecule has 0 atom stereocenters. The van der Waals surface area contributed by atoms with Gasteiger partial charge in [0.1, 0.15) is 16.8 Å². The fourth-order valence-corrected chi connectivity index (χ4v) is 2.48. The van der Waals surface area contributed by atoms with Gasteiger partial charge in [0.15, 0.2) is 5.76 Å². The topological polar surface area (TPSA) is 74.2 Å². The largest absolute Gasteiger partial charge is 0.472 e. The summed E-state index contributed by atoms with van der Waals surface area (Å²) in [6.45, 7) is 0.363. The Labute approximate surface area is 142 Å². The Bertz CT molecular complexity index is 802. The van der Waals surface area contributed by atoms with E-state index in [9.17, 15) is 0 Å². The molecule has 0 radical (unpaired) electrons. The Balaban J connectivity index is 1.74. The number of furan rings is 1. The number of anilines is 1. The van der Waals surface area contributed by atoms with Gasteiger partial charge in [-0.05, 0) is 39.7 Å². The number of aromatic nitrogens is 2. The zero-order valence-corrected chi connectivity index (χ0v) is 13.7. The molecule has 116 valence electrons. The Morgan fingerprint density at radius 2 is 1.96 bits per heavy atom. The molecule has 0 aliphatic heterocycles. The summed E-state index contributed by atoms with van der Waals surface area (Å²) in [4.78, 5) is 8.29. The van der Waals surface area contributed by atoms with Crippen molar-refractivity contribution < 1.29 is 9.15 Å². The van der Waals surface area contributed by atoms with Crippen LogP contribution in [0, 0.1) is 0 Å². The smallest absolute Gasteiger partial charge is 0.234 e. The van der Waals surface area contributed by atoms with Crippen LogP contribution in [-0.4, -0.2) is 16.6 Å². The van der Waals surface area contributed by atoms with E-state index in [2.05, 4.69) is 25.9 Å². The fourth-order valence-electron chi connectivity index (χ4n) is 1.99. The number of nitrogens with two attached hydrogens (primary N) is 1.